The van der Waals surface area contributed by atoms with Gasteiger partial charge in [0.15, 0.2) is 0 Å². The van der Waals surface area contributed by atoms with Gasteiger partial charge in [-0.15, -0.1) is 0 Å². The average Bonchev–Trinajstić information content (AvgIpc) is 2.36. The van der Waals surface area contributed by atoms with Crippen LogP contribution in [0.5, 0.6) is 5.75 Å². The normalized spacial score (nSPS) is 11.8. The van der Waals surface area contributed by atoms with E-state index < -0.39 is 0 Å². The maximum Gasteiger partial charge on any atom is 0.242 e. The molecule has 1 amide bonds. The third kappa shape index (κ3) is 3.95. The molecule has 0 heterocycles. The van der Waals surface area contributed by atoms with Gasteiger partial charge < -0.3 is 15.4 Å². The van der Waals surface area contributed by atoms with Crippen molar-refractivity contribution in [2.24, 2.45) is 0 Å². The van der Waals surface area contributed by atoms with Crippen molar-refractivity contribution in [3.05, 3.63) is 23.8 Å². The summed E-state index contributed by atoms with van der Waals surface area (Å²) < 4.78 is 5.20. The van der Waals surface area contributed by atoms with Crippen LogP contribution in [0.3, 0.4) is 0 Å². The van der Waals surface area contributed by atoms with Crippen LogP contribution in [0.4, 0.5) is 5.69 Å². The molecule has 0 fully saturated rings. The highest BCUT2D eigenvalue weighted by Gasteiger charge is 2.11. The van der Waals surface area contributed by atoms with Crippen molar-refractivity contribution in [3.63, 3.8) is 0 Å². The number of aryl methyl sites for hydroxylation is 1. The van der Waals surface area contributed by atoms with E-state index in [0.717, 1.165) is 23.4 Å². The second kappa shape index (κ2) is 6.89. The van der Waals surface area contributed by atoms with Crippen LogP contribution in [0.2, 0.25) is 0 Å². The summed E-state index contributed by atoms with van der Waals surface area (Å²) in [5.41, 5.74) is 1.97. The molecule has 1 aromatic carbocycles. The predicted octanol–water partition coefficient (Wildman–Crippen LogP) is 2.33. The Labute approximate surface area is 109 Å². The van der Waals surface area contributed by atoms with Gasteiger partial charge in [0.2, 0.25) is 5.91 Å². The number of carbonyl (C=O) groups is 1. The van der Waals surface area contributed by atoms with E-state index in [1.807, 2.05) is 39.0 Å². The lowest BCUT2D eigenvalue weighted by molar-refractivity contribution is -0.121. The molecular weight excluding hydrogens is 228 g/mol. The van der Waals surface area contributed by atoms with Gasteiger partial charge >= 0.3 is 0 Å². The molecular formula is C14H22N2O2. The first-order valence-corrected chi connectivity index (χ1v) is 6.27. The lowest BCUT2D eigenvalue weighted by atomic mass is 10.2. The molecule has 4 nitrogen and oxygen atoms in total. The number of anilines is 1. The molecule has 0 aliphatic heterocycles. The number of hydrogen-bond acceptors (Lipinski definition) is 3. The van der Waals surface area contributed by atoms with Gasteiger partial charge in [-0.3, -0.25) is 4.79 Å². The van der Waals surface area contributed by atoms with E-state index in [4.69, 9.17) is 4.74 Å². The maximum atomic E-state index is 11.7. The number of methoxy groups -OCH3 is 1. The van der Waals surface area contributed by atoms with Crippen molar-refractivity contribution in [3.8, 4) is 5.75 Å². The van der Waals surface area contributed by atoms with Gasteiger partial charge in [0.25, 0.3) is 0 Å². The summed E-state index contributed by atoms with van der Waals surface area (Å²) in [6.45, 7) is 6.58. The van der Waals surface area contributed by atoms with Gasteiger partial charge in [0.05, 0.1) is 7.11 Å². The number of hydrogen-bond donors (Lipinski definition) is 2. The quantitative estimate of drug-likeness (QED) is 0.814. The highest BCUT2D eigenvalue weighted by atomic mass is 16.5. The fourth-order valence-electron chi connectivity index (χ4n) is 1.69. The Balaban J connectivity index is 2.61. The van der Waals surface area contributed by atoms with Crippen LogP contribution < -0.4 is 15.4 Å². The van der Waals surface area contributed by atoms with Crippen molar-refractivity contribution in [2.45, 2.75) is 33.2 Å². The van der Waals surface area contributed by atoms with Gasteiger partial charge in [0.1, 0.15) is 11.8 Å². The molecule has 0 aliphatic carbocycles. The summed E-state index contributed by atoms with van der Waals surface area (Å²) in [5, 5.41) is 6.04. The number of rotatable bonds is 6. The number of carbonyl (C=O) groups excluding carboxylic acids is 1. The largest absolute Gasteiger partial charge is 0.496 e. The van der Waals surface area contributed by atoms with E-state index in [9.17, 15) is 4.79 Å². The van der Waals surface area contributed by atoms with E-state index in [0.29, 0.717) is 6.54 Å². The molecule has 1 aromatic rings. The topological polar surface area (TPSA) is 50.4 Å². The SMILES string of the molecule is CCCNC(=O)C(C)Nc1ccc(OC)c(C)c1. The summed E-state index contributed by atoms with van der Waals surface area (Å²) in [5.74, 6) is 0.869. The van der Waals surface area contributed by atoms with Crippen molar-refractivity contribution >= 4 is 11.6 Å². The molecule has 100 valence electrons. The Morgan fingerprint density at radius 1 is 1.44 bits per heavy atom. The summed E-state index contributed by atoms with van der Waals surface area (Å²) >= 11 is 0. The molecule has 1 unspecified atom stereocenters. The molecule has 0 bridgehead atoms. The van der Waals surface area contributed by atoms with Gasteiger partial charge in [-0.05, 0) is 44.0 Å². The standard InChI is InChI=1S/C14H22N2O2/c1-5-8-15-14(17)11(3)16-12-6-7-13(18-4)10(2)9-12/h6-7,9,11,16H,5,8H2,1-4H3,(H,15,17). The molecule has 4 heteroatoms. The van der Waals surface area contributed by atoms with E-state index in [1.165, 1.54) is 0 Å². The molecule has 1 rings (SSSR count). The Morgan fingerprint density at radius 3 is 2.72 bits per heavy atom. The summed E-state index contributed by atoms with van der Waals surface area (Å²) in [6.07, 6.45) is 0.945. The van der Waals surface area contributed by atoms with E-state index in [1.54, 1.807) is 7.11 Å². The minimum Gasteiger partial charge on any atom is -0.496 e. The second-order valence-electron chi connectivity index (χ2n) is 4.34. The van der Waals surface area contributed by atoms with Gasteiger partial charge in [-0.2, -0.15) is 0 Å². The van der Waals surface area contributed by atoms with Crippen LogP contribution in [0.25, 0.3) is 0 Å². The van der Waals surface area contributed by atoms with Crippen molar-refractivity contribution < 1.29 is 9.53 Å². The average molecular weight is 250 g/mol. The summed E-state index contributed by atoms with van der Waals surface area (Å²) in [4.78, 5) is 11.7. The molecule has 0 aliphatic rings. The fourth-order valence-corrected chi connectivity index (χ4v) is 1.69. The van der Waals surface area contributed by atoms with Crippen LogP contribution in [0.15, 0.2) is 18.2 Å². The zero-order valence-corrected chi connectivity index (χ0v) is 11.5. The van der Waals surface area contributed by atoms with E-state index in [2.05, 4.69) is 10.6 Å². The lowest BCUT2D eigenvalue weighted by Gasteiger charge is -2.16. The van der Waals surface area contributed by atoms with E-state index >= 15 is 0 Å². The first-order valence-electron chi connectivity index (χ1n) is 6.27. The Morgan fingerprint density at radius 2 is 2.17 bits per heavy atom. The summed E-state index contributed by atoms with van der Waals surface area (Å²) in [7, 11) is 1.65. The molecule has 0 spiro atoms. The molecule has 0 radical (unpaired) electrons. The lowest BCUT2D eigenvalue weighted by Crippen LogP contribution is -2.37. The minimum atomic E-state index is -0.246. The molecule has 0 saturated carbocycles. The van der Waals surface area contributed by atoms with Crippen LogP contribution in [-0.4, -0.2) is 25.6 Å². The zero-order chi connectivity index (χ0) is 13.5. The van der Waals surface area contributed by atoms with Crippen molar-refractivity contribution in [1.82, 2.24) is 5.32 Å². The van der Waals surface area contributed by atoms with Crippen LogP contribution in [-0.2, 0) is 4.79 Å². The molecule has 2 N–H and O–H groups in total. The molecule has 1 atom stereocenters. The van der Waals surface area contributed by atoms with Crippen LogP contribution >= 0.6 is 0 Å². The van der Waals surface area contributed by atoms with Gasteiger partial charge in [0, 0.05) is 12.2 Å². The second-order valence-corrected chi connectivity index (χ2v) is 4.34. The van der Waals surface area contributed by atoms with Gasteiger partial charge in [-0.25, -0.2) is 0 Å². The zero-order valence-electron chi connectivity index (χ0n) is 11.5. The highest BCUT2D eigenvalue weighted by molar-refractivity contribution is 5.84. The maximum absolute atomic E-state index is 11.7. The van der Waals surface area contributed by atoms with Crippen LogP contribution in [0, 0.1) is 6.92 Å². The number of nitrogens with one attached hydrogen (secondary N) is 2. The smallest absolute Gasteiger partial charge is 0.242 e. The summed E-state index contributed by atoms with van der Waals surface area (Å²) in [6, 6.07) is 5.54. The monoisotopic (exact) mass is 250 g/mol. The minimum absolute atomic E-state index is 0.0188. The Kier molecular flexibility index (Phi) is 5.49. The predicted molar refractivity (Wildman–Crippen MR) is 74.1 cm³/mol. The fraction of sp³-hybridized carbons (Fsp3) is 0.500. The first-order chi connectivity index (χ1) is 8.58. The molecule has 0 saturated heterocycles. The highest BCUT2D eigenvalue weighted by Crippen LogP contribution is 2.21. The Hall–Kier alpha value is -1.71. The van der Waals surface area contributed by atoms with Crippen molar-refractivity contribution in [1.29, 1.82) is 0 Å². The first kappa shape index (κ1) is 14.4. The van der Waals surface area contributed by atoms with Crippen LogP contribution in [0.1, 0.15) is 25.8 Å². The number of benzene rings is 1. The third-order valence-electron chi connectivity index (χ3n) is 2.72. The molecule has 0 aromatic heterocycles. The van der Waals surface area contributed by atoms with Crippen molar-refractivity contribution in [2.75, 3.05) is 19.0 Å². The third-order valence-corrected chi connectivity index (χ3v) is 2.72. The number of amides is 1. The van der Waals surface area contributed by atoms with E-state index in [-0.39, 0.29) is 11.9 Å². The Bertz CT molecular complexity index is 405. The molecule has 18 heavy (non-hydrogen) atoms. The number of ether oxygens (including phenoxy) is 1. The van der Waals surface area contributed by atoms with Gasteiger partial charge in [-0.1, -0.05) is 6.92 Å².